The molecular weight excluding hydrogens is 526 g/mol. The Morgan fingerprint density at radius 1 is 0.872 bits per heavy atom. The molecular formula is C31H39N3O3S2. The monoisotopic (exact) mass is 565 g/mol. The van der Waals surface area contributed by atoms with Crippen LogP contribution < -0.4 is 9.80 Å². The molecule has 1 saturated carbocycles. The van der Waals surface area contributed by atoms with Crippen LogP contribution in [-0.2, 0) is 21.1 Å². The minimum absolute atomic E-state index is 0.0697. The maximum absolute atomic E-state index is 12.8. The molecule has 2 aromatic rings. The predicted octanol–water partition coefficient (Wildman–Crippen LogP) is 5.72. The van der Waals surface area contributed by atoms with Crippen LogP contribution in [0.3, 0.4) is 0 Å². The summed E-state index contributed by atoms with van der Waals surface area (Å²) in [6.45, 7) is 2.09. The van der Waals surface area contributed by atoms with Crippen molar-refractivity contribution in [1.82, 2.24) is 0 Å². The van der Waals surface area contributed by atoms with Gasteiger partial charge in [-0.2, -0.15) is 4.99 Å². The van der Waals surface area contributed by atoms with Crippen molar-refractivity contribution in [3.63, 3.8) is 0 Å². The van der Waals surface area contributed by atoms with Crippen molar-refractivity contribution in [2.24, 2.45) is 16.8 Å². The smallest absolute Gasteiger partial charge is 0.248 e. The van der Waals surface area contributed by atoms with Crippen LogP contribution in [0.2, 0.25) is 0 Å². The van der Waals surface area contributed by atoms with Gasteiger partial charge >= 0.3 is 0 Å². The topological polar surface area (TPSA) is 70.0 Å². The van der Waals surface area contributed by atoms with E-state index in [-0.39, 0.29) is 28.7 Å². The Morgan fingerprint density at radius 2 is 1.56 bits per heavy atom. The highest BCUT2D eigenvalue weighted by atomic mass is 32.2. The fourth-order valence-electron chi connectivity index (χ4n) is 6.82. The van der Waals surface area contributed by atoms with Crippen LogP contribution in [0, 0.1) is 11.8 Å². The summed E-state index contributed by atoms with van der Waals surface area (Å²) in [7, 11) is -3.08. The van der Waals surface area contributed by atoms with Crippen molar-refractivity contribution in [2.45, 2.75) is 69.1 Å². The number of thioether (sulfide) groups is 1. The molecule has 4 fully saturated rings. The van der Waals surface area contributed by atoms with E-state index in [0.717, 1.165) is 37.5 Å². The van der Waals surface area contributed by atoms with E-state index in [0.29, 0.717) is 17.5 Å². The molecule has 0 unspecified atom stereocenters. The van der Waals surface area contributed by atoms with E-state index in [1.165, 1.54) is 61.5 Å². The molecule has 0 spiro atoms. The van der Waals surface area contributed by atoms with E-state index in [1.54, 1.807) is 0 Å². The van der Waals surface area contributed by atoms with Crippen molar-refractivity contribution < 1.29 is 13.2 Å². The predicted molar refractivity (Wildman–Crippen MR) is 161 cm³/mol. The van der Waals surface area contributed by atoms with Crippen molar-refractivity contribution in [3.8, 4) is 0 Å². The second-order valence-corrected chi connectivity index (χ2v) is 15.1. The number of hydrogen-bond acceptors (Lipinski definition) is 5. The van der Waals surface area contributed by atoms with E-state index in [9.17, 15) is 13.2 Å². The molecule has 6 rings (SSSR count). The van der Waals surface area contributed by atoms with Crippen LogP contribution in [0.5, 0.6) is 0 Å². The maximum atomic E-state index is 12.8. The number of sulfone groups is 1. The number of carbonyl (C=O) groups is 1. The number of piperidine rings is 1. The van der Waals surface area contributed by atoms with Crippen LogP contribution in [-0.4, -0.2) is 55.4 Å². The Hall–Kier alpha value is -2.32. The fourth-order valence-corrected chi connectivity index (χ4v) is 10.8. The Balaban J connectivity index is 1.12. The Kier molecular flexibility index (Phi) is 8.03. The van der Waals surface area contributed by atoms with E-state index in [2.05, 4.69) is 64.5 Å². The zero-order valence-electron chi connectivity index (χ0n) is 22.6. The van der Waals surface area contributed by atoms with Gasteiger partial charge in [-0.05, 0) is 67.3 Å². The number of carbonyl (C=O) groups excluding carboxylic acids is 1. The number of aliphatic imine (C=N–C) groups is 1. The normalized spacial score (nSPS) is 26.4. The van der Waals surface area contributed by atoms with E-state index in [1.807, 2.05) is 4.90 Å². The zero-order chi connectivity index (χ0) is 26.8. The third-order valence-corrected chi connectivity index (χ3v) is 12.2. The largest absolute Gasteiger partial charge is 0.372 e. The Labute approximate surface area is 237 Å². The van der Waals surface area contributed by atoms with E-state index >= 15 is 0 Å². The molecule has 6 nitrogen and oxygen atoms in total. The fraction of sp³-hybridized carbons (Fsp3) is 0.548. The molecule has 2 atom stereocenters. The molecule has 4 aliphatic rings. The first kappa shape index (κ1) is 26.9. The van der Waals surface area contributed by atoms with Gasteiger partial charge in [0.1, 0.15) is 0 Å². The van der Waals surface area contributed by atoms with Gasteiger partial charge in [0.2, 0.25) is 5.91 Å². The van der Waals surface area contributed by atoms with E-state index < -0.39 is 9.84 Å². The molecule has 0 radical (unpaired) electrons. The van der Waals surface area contributed by atoms with Gasteiger partial charge in [0, 0.05) is 36.1 Å². The van der Waals surface area contributed by atoms with Gasteiger partial charge in [0.05, 0.1) is 17.5 Å². The van der Waals surface area contributed by atoms with Crippen LogP contribution in [0.1, 0.15) is 56.9 Å². The molecule has 3 saturated heterocycles. The first-order valence-electron chi connectivity index (χ1n) is 14.6. The van der Waals surface area contributed by atoms with E-state index in [4.69, 9.17) is 0 Å². The van der Waals surface area contributed by atoms with Gasteiger partial charge in [-0.1, -0.05) is 67.8 Å². The standard InChI is InChI=1S/C31H39N3O3S2/c35-30(15-10-23-6-4-5-7-23)32-31-34(28-21-39(36,37)22-29(28)38-31)27-13-11-26(12-14-27)33-18-16-25(17-19-33)20-24-8-2-1-3-9-24/h1-3,8-9,11-14,23,25,28-29H,4-7,10,15-22H2/t28-,29+/m1/s1. The highest BCUT2D eigenvalue weighted by Gasteiger charge is 2.49. The molecule has 1 aliphatic carbocycles. The lowest BCUT2D eigenvalue weighted by molar-refractivity contribution is -0.118. The van der Waals surface area contributed by atoms with Crippen molar-refractivity contribution in [2.75, 3.05) is 34.4 Å². The summed E-state index contributed by atoms with van der Waals surface area (Å²) < 4.78 is 24.9. The van der Waals surface area contributed by atoms with Crippen LogP contribution in [0.15, 0.2) is 59.6 Å². The molecule has 0 aromatic heterocycles. The van der Waals surface area contributed by atoms with Crippen LogP contribution >= 0.6 is 11.8 Å². The number of amides is 1. The molecule has 2 aromatic carbocycles. The molecule has 8 heteroatoms. The van der Waals surface area contributed by atoms with Crippen molar-refractivity contribution >= 4 is 44.0 Å². The number of fused-ring (bicyclic) bond motifs is 1. The van der Waals surface area contributed by atoms with Gasteiger partial charge in [-0.25, -0.2) is 8.42 Å². The SMILES string of the molecule is O=C(CCC1CCCC1)N=C1S[C@H]2CS(=O)(=O)C[C@H]2N1c1ccc(N2CCC(Cc3ccccc3)CC2)cc1. The van der Waals surface area contributed by atoms with Crippen LogP contribution in [0.25, 0.3) is 0 Å². The molecule has 3 aliphatic heterocycles. The lowest BCUT2D eigenvalue weighted by Gasteiger charge is -2.34. The average Bonchev–Trinajstić information content (AvgIpc) is 3.63. The number of rotatable bonds is 7. The summed E-state index contributed by atoms with van der Waals surface area (Å²) >= 11 is 1.47. The summed E-state index contributed by atoms with van der Waals surface area (Å²) in [4.78, 5) is 21.9. The lowest BCUT2D eigenvalue weighted by Crippen LogP contribution is -2.38. The zero-order valence-corrected chi connectivity index (χ0v) is 24.2. The number of anilines is 2. The number of benzene rings is 2. The molecule has 0 bridgehead atoms. The van der Waals surface area contributed by atoms with Gasteiger partial charge in [-0.15, -0.1) is 0 Å². The Morgan fingerprint density at radius 3 is 2.28 bits per heavy atom. The molecule has 1 amide bonds. The minimum atomic E-state index is -3.08. The lowest BCUT2D eigenvalue weighted by atomic mass is 9.90. The maximum Gasteiger partial charge on any atom is 0.248 e. The highest BCUT2D eigenvalue weighted by molar-refractivity contribution is 8.16. The molecule has 3 heterocycles. The summed E-state index contributed by atoms with van der Waals surface area (Å²) in [5, 5.41) is 0.602. The molecule has 39 heavy (non-hydrogen) atoms. The first-order valence-corrected chi connectivity index (χ1v) is 17.3. The average molecular weight is 566 g/mol. The molecule has 208 valence electrons. The third-order valence-electron chi connectivity index (χ3n) is 9.00. The Bertz CT molecular complexity index is 1280. The number of hydrogen-bond donors (Lipinski definition) is 0. The van der Waals surface area contributed by atoms with Crippen molar-refractivity contribution in [3.05, 3.63) is 60.2 Å². The van der Waals surface area contributed by atoms with Crippen molar-refractivity contribution in [1.29, 1.82) is 0 Å². The highest BCUT2D eigenvalue weighted by Crippen LogP contribution is 2.41. The van der Waals surface area contributed by atoms with Gasteiger partial charge in [0.15, 0.2) is 15.0 Å². The second-order valence-electron chi connectivity index (χ2n) is 11.8. The number of amidine groups is 1. The second kappa shape index (κ2) is 11.7. The minimum Gasteiger partial charge on any atom is -0.372 e. The van der Waals surface area contributed by atoms with Crippen LogP contribution in [0.4, 0.5) is 11.4 Å². The summed E-state index contributed by atoms with van der Waals surface area (Å²) in [5.41, 5.74) is 3.55. The van der Waals surface area contributed by atoms with Gasteiger partial charge in [-0.3, -0.25) is 4.79 Å². The first-order chi connectivity index (χ1) is 18.9. The van der Waals surface area contributed by atoms with Gasteiger partial charge < -0.3 is 9.80 Å². The summed E-state index contributed by atoms with van der Waals surface area (Å²) in [5.74, 6) is 1.57. The third kappa shape index (κ3) is 6.37. The number of nitrogens with zero attached hydrogens (tertiary/aromatic N) is 3. The summed E-state index contributed by atoms with van der Waals surface area (Å²) in [6.07, 6.45) is 9.91. The molecule has 0 N–H and O–H groups in total. The van der Waals surface area contributed by atoms with Gasteiger partial charge in [0.25, 0.3) is 0 Å². The summed E-state index contributed by atoms with van der Waals surface area (Å²) in [6, 6.07) is 19.1. The quantitative estimate of drug-likeness (QED) is 0.428.